The Morgan fingerprint density at radius 3 is 2.83 bits per heavy atom. The topological polar surface area (TPSA) is 81.1 Å². The Morgan fingerprint density at radius 2 is 2.42 bits per heavy atom. The minimum atomic E-state index is -2.76. The summed E-state index contributed by atoms with van der Waals surface area (Å²) in [6.07, 6.45) is -2.76. The molecule has 0 fully saturated rings. The molecule has 0 unspecified atom stereocenters. The molecule has 0 aliphatic heterocycles. The highest BCUT2D eigenvalue weighted by molar-refractivity contribution is 5.90. The lowest BCUT2D eigenvalue weighted by Gasteiger charge is -1.89. The number of nitrogens with zero attached hydrogens (tertiary/aromatic N) is 1. The summed E-state index contributed by atoms with van der Waals surface area (Å²) in [6, 6.07) is 0.826. The number of halogens is 2. The summed E-state index contributed by atoms with van der Waals surface area (Å²) in [4.78, 5) is 10.6. The zero-order valence-electron chi connectivity index (χ0n) is 5.75. The van der Waals surface area contributed by atoms with Crippen LogP contribution < -0.4 is 11.3 Å². The van der Waals surface area contributed by atoms with Crippen molar-refractivity contribution in [3.8, 4) is 0 Å². The first-order chi connectivity index (χ1) is 5.65. The van der Waals surface area contributed by atoms with Gasteiger partial charge in [0.05, 0.1) is 0 Å². The molecule has 0 radical (unpaired) electrons. The van der Waals surface area contributed by atoms with E-state index in [1.54, 1.807) is 5.43 Å². The van der Waals surface area contributed by atoms with E-state index in [0.717, 1.165) is 6.07 Å². The Balaban J connectivity index is 2.84. The van der Waals surface area contributed by atoms with Crippen molar-refractivity contribution < 1.29 is 18.1 Å². The normalized spacial score (nSPS) is 10.3. The fourth-order valence-corrected chi connectivity index (χ4v) is 0.570. The number of nitrogen functional groups attached to an aromatic ring is 1. The monoisotopic (exact) mass is 177 g/mol. The maximum Gasteiger partial charge on any atom is 0.303 e. The number of carbonyl (C=O) groups is 1. The van der Waals surface area contributed by atoms with Gasteiger partial charge in [-0.1, -0.05) is 5.16 Å². The molecule has 0 atom stereocenters. The number of alkyl halides is 2. The van der Waals surface area contributed by atoms with Gasteiger partial charge in [-0.25, -0.2) is 14.6 Å². The van der Waals surface area contributed by atoms with Crippen LogP contribution in [0.4, 0.5) is 8.78 Å². The van der Waals surface area contributed by atoms with Crippen molar-refractivity contribution in [1.29, 1.82) is 0 Å². The summed E-state index contributed by atoms with van der Waals surface area (Å²) >= 11 is 0. The second-order valence-corrected chi connectivity index (χ2v) is 1.89. The van der Waals surface area contributed by atoms with E-state index in [1.807, 2.05) is 0 Å². The fraction of sp³-hybridized carbons (Fsp3) is 0.200. The minimum Gasteiger partial charge on any atom is -0.351 e. The lowest BCUT2D eigenvalue weighted by Crippen LogP contribution is -2.29. The van der Waals surface area contributed by atoms with E-state index in [1.165, 1.54) is 0 Å². The first kappa shape index (κ1) is 8.60. The predicted molar refractivity (Wildman–Crippen MR) is 33.1 cm³/mol. The third-order valence-electron chi connectivity index (χ3n) is 1.11. The van der Waals surface area contributed by atoms with Gasteiger partial charge in [0.15, 0.2) is 5.69 Å². The van der Waals surface area contributed by atoms with Gasteiger partial charge in [-0.15, -0.1) is 0 Å². The van der Waals surface area contributed by atoms with Crippen molar-refractivity contribution in [2.24, 2.45) is 5.84 Å². The molecule has 1 rings (SSSR count). The second-order valence-electron chi connectivity index (χ2n) is 1.89. The molecule has 0 bridgehead atoms. The average molecular weight is 177 g/mol. The van der Waals surface area contributed by atoms with Gasteiger partial charge in [0, 0.05) is 6.07 Å². The summed E-state index contributed by atoms with van der Waals surface area (Å²) in [5, 5.41) is 2.94. The van der Waals surface area contributed by atoms with Crippen molar-refractivity contribution in [2.75, 3.05) is 0 Å². The van der Waals surface area contributed by atoms with Crippen LogP contribution in [0.25, 0.3) is 0 Å². The first-order valence-corrected chi connectivity index (χ1v) is 2.91. The molecule has 0 aliphatic rings. The van der Waals surface area contributed by atoms with Crippen molar-refractivity contribution in [2.45, 2.75) is 6.43 Å². The maximum absolute atomic E-state index is 11.9. The van der Waals surface area contributed by atoms with Gasteiger partial charge >= 0.3 is 5.91 Å². The number of hydrogen-bond acceptors (Lipinski definition) is 4. The number of carbonyl (C=O) groups excluding carboxylic acids is 1. The van der Waals surface area contributed by atoms with Gasteiger partial charge in [-0.05, 0) is 0 Å². The molecular formula is C5H5F2N3O2. The van der Waals surface area contributed by atoms with Gasteiger partial charge in [-0.2, -0.15) is 0 Å². The number of nitrogens with two attached hydrogens (primary N) is 1. The second kappa shape index (κ2) is 3.26. The Hall–Kier alpha value is -1.50. The van der Waals surface area contributed by atoms with E-state index in [0.29, 0.717) is 0 Å². The van der Waals surface area contributed by atoms with Crippen LogP contribution >= 0.6 is 0 Å². The van der Waals surface area contributed by atoms with Crippen LogP contribution in [0.2, 0.25) is 0 Å². The molecule has 0 aliphatic carbocycles. The van der Waals surface area contributed by atoms with E-state index in [4.69, 9.17) is 5.84 Å². The summed E-state index contributed by atoms with van der Waals surface area (Å²) in [5.41, 5.74) is 1.13. The SMILES string of the molecule is NNC(=O)c1cc(C(F)F)no1. The van der Waals surface area contributed by atoms with Crippen molar-refractivity contribution in [3.05, 3.63) is 17.5 Å². The number of hydrazine groups is 1. The van der Waals surface area contributed by atoms with Gasteiger partial charge in [0.25, 0.3) is 6.43 Å². The number of hydrogen-bond donors (Lipinski definition) is 2. The molecule has 5 nitrogen and oxygen atoms in total. The van der Waals surface area contributed by atoms with Crippen LogP contribution in [0.5, 0.6) is 0 Å². The number of aromatic nitrogens is 1. The van der Waals surface area contributed by atoms with Crippen LogP contribution in [0.3, 0.4) is 0 Å². The smallest absolute Gasteiger partial charge is 0.303 e. The van der Waals surface area contributed by atoms with Crippen LogP contribution in [0.15, 0.2) is 10.6 Å². The molecule has 0 saturated carbocycles. The van der Waals surface area contributed by atoms with E-state index in [2.05, 4.69) is 9.68 Å². The highest BCUT2D eigenvalue weighted by Crippen LogP contribution is 2.17. The fourth-order valence-electron chi connectivity index (χ4n) is 0.570. The maximum atomic E-state index is 11.9. The predicted octanol–water partition coefficient (Wildman–Crippen LogP) is 0.216. The first-order valence-electron chi connectivity index (χ1n) is 2.91. The molecule has 0 aromatic carbocycles. The van der Waals surface area contributed by atoms with Crippen molar-refractivity contribution in [1.82, 2.24) is 10.6 Å². The Labute approximate surface area is 65.5 Å². The summed E-state index contributed by atoms with van der Waals surface area (Å²) in [6.45, 7) is 0. The molecule has 66 valence electrons. The van der Waals surface area contributed by atoms with E-state index in [-0.39, 0.29) is 5.76 Å². The standard InChI is InChI=1S/C5H5F2N3O2/c6-4(7)2-1-3(12-10-2)5(11)9-8/h1,4H,8H2,(H,9,11). The van der Waals surface area contributed by atoms with Gasteiger partial charge in [-0.3, -0.25) is 10.2 Å². The molecule has 0 saturated heterocycles. The zero-order chi connectivity index (χ0) is 9.14. The number of rotatable bonds is 2. The number of amides is 1. The van der Waals surface area contributed by atoms with E-state index < -0.39 is 18.0 Å². The highest BCUT2D eigenvalue weighted by atomic mass is 19.3. The number of nitrogens with one attached hydrogen (secondary N) is 1. The molecule has 12 heavy (non-hydrogen) atoms. The van der Waals surface area contributed by atoms with Gasteiger partial charge in [0.1, 0.15) is 0 Å². The zero-order valence-corrected chi connectivity index (χ0v) is 5.75. The van der Waals surface area contributed by atoms with Crippen LogP contribution in [-0.4, -0.2) is 11.1 Å². The van der Waals surface area contributed by atoms with Crippen LogP contribution in [-0.2, 0) is 0 Å². The molecule has 1 amide bonds. The average Bonchev–Trinajstić information content (AvgIpc) is 2.51. The van der Waals surface area contributed by atoms with Gasteiger partial charge < -0.3 is 4.52 Å². The van der Waals surface area contributed by atoms with E-state index >= 15 is 0 Å². The molecule has 3 N–H and O–H groups in total. The summed E-state index contributed by atoms with van der Waals surface area (Å²) in [7, 11) is 0. The summed E-state index contributed by atoms with van der Waals surface area (Å²) in [5.74, 6) is 3.58. The lowest BCUT2D eigenvalue weighted by molar-refractivity contribution is 0.0914. The Morgan fingerprint density at radius 1 is 1.75 bits per heavy atom. The lowest BCUT2D eigenvalue weighted by atomic mass is 10.3. The highest BCUT2D eigenvalue weighted by Gasteiger charge is 2.17. The molecule has 1 aromatic rings. The van der Waals surface area contributed by atoms with Crippen molar-refractivity contribution in [3.63, 3.8) is 0 Å². The largest absolute Gasteiger partial charge is 0.351 e. The molecule has 0 spiro atoms. The quantitative estimate of drug-likeness (QED) is 0.384. The molecule has 1 aromatic heterocycles. The Kier molecular flexibility index (Phi) is 2.34. The molecular weight excluding hydrogens is 172 g/mol. The third kappa shape index (κ3) is 1.56. The molecule has 7 heteroatoms. The minimum absolute atomic E-state index is 0.340. The van der Waals surface area contributed by atoms with Crippen molar-refractivity contribution >= 4 is 5.91 Å². The van der Waals surface area contributed by atoms with E-state index in [9.17, 15) is 13.6 Å². The van der Waals surface area contributed by atoms with Crippen LogP contribution in [0, 0.1) is 0 Å². The van der Waals surface area contributed by atoms with Crippen LogP contribution in [0.1, 0.15) is 22.7 Å². The van der Waals surface area contributed by atoms with Gasteiger partial charge in [0.2, 0.25) is 5.76 Å². The summed E-state index contributed by atoms with van der Waals surface area (Å²) < 4.78 is 28.0. The molecule has 1 heterocycles. The Bertz CT molecular complexity index is 286. The third-order valence-corrected chi connectivity index (χ3v) is 1.11.